The lowest BCUT2D eigenvalue weighted by Gasteiger charge is -2.45. The van der Waals surface area contributed by atoms with Gasteiger partial charge >= 0.3 is 11.8 Å². The van der Waals surface area contributed by atoms with Gasteiger partial charge < -0.3 is 9.80 Å². The summed E-state index contributed by atoms with van der Waals surface area (Å²) < 4.78 is 0. The number of likely N-dealkylation sites (N-methyl/N-ethyl adjacent to an activating group) is 1. The average molecular weight is 306 g/mol. The summed E-state index contributed by atoms with van der Waals surface area (Å²) in [6.07, 6.45) is 0. The van der Waals surface area contributed by atoms with Gasteiger partial charge in [0.1, 0.15) is 0 Å². The van der Waals surface area contributed by atoms with E-state index in [9.17, 15) is 9.59 Å². The van der Waals surface area contributed by atoms with Crippen LogP contribution >= 0.6 is 0 Å². The smallest absolute Gasteiger partial charge is 0.312 e. The third-order valence-corrected chi connectivity index (χ3v) is 4.93. The molecule has 23 heavy (non-hydrogen) atoms. The van der Waals surface area contributed by atoms with E-state index in [1.54, 1.807) is 11.9 Å². The van der Waals surface area contributed by atoms with E-state index in [2.05, 4.69) is 24.3 Å². The number of hydrogen-bond acceptors (Lipinski definition) is 2. The van der Waals surface area contributed by atoms with Crippen LogP contribution in [0.15, 0.2) is 54.6 Å². The number of benzene rings is 2. The fourth-order valence-electron chi connectivity index (χ4n) is 3.74. The van der Waals surface area contributed by atoms with Gasteiger partial charge in [-0.25, -0.2) is 0 Å². The van der Waals surface area contributed by atoms with E-state index in [0.717, 1.165) is 5.56 Å². The Balaban J connectivity index is 1.84. The highest BCUT2D eigenvalue weighted by molar-refractivity contribution is 6.35. The van der Waals surface area contributed by atoms with Gasteiger partial charge in [0.05, 0.1) is 6.04 Å². The molecule has 0 unspecified atom stereocenters. The van der Waals surface area contributed by atoms with Crippen LogP contribution in [0, 0.1) is 0 Å². The number of fused-ring (bicyclic) bond motifs is 3. The Morgan fingerprint density at radius 3 is 2.22 bits per heavy atom. The Morgan fingerprint density at radius 1 is 0.826 bits per heavy atom. The minimum atomic E-state index is -0.410. The van der Waals surface area contributed by atoms with E-state index < -0.39 is 5.91 Å². The first-order valence-electron chi connectivity index (χ1n) is 7.86. The summed E-state index contributed by atoms with van der Waals surface area (Å²) in [5, 5.41) is 0. The molecular formula is C19H18N2O2. The van der Waals surface area contributed by atoms with E-state index in [4.69, 9.17) is 0 Å². The Morgan fingerprint density at radius 2 is 1.48 bits per heavy atom. The van der Waals surface area contributed by atoms with Crippen molar-refractivity contribution in [1.82, 2.24) is 9.80 Å². The highest BCUT2D eigenvalue weighted by Gasteiger charge is 2.43. The van der Waals surface area contributed by atoms with Crippen LogP contribution in [-0.2, 0) is 9.59 Å². The van der Waals surface area contributed by atoms with Crippen molar-refractivity contribution in [3.05, 3.63) is 71.3 Å². The standard InChI is InChI=1S/C19H18N2O2/c1-20-12-17-15-10-6-5-9-14(15)16(13-7-3-2-4-8-13)11-21(17)19(23)18(20)22/h2-10,16-17H,11-12H2,1H3/t16-,17-/m1/s1. The largest absolute Gasteiger partial charge is 0.335 e. The molecule has 0 radical (unpaired) electrons. The zero-order valence-electron chi connectivity index (χ0n) is 13.0. The van der Waals surface area contributed by atoms with E-state index in [1.807, 2.05) is 30.3 Å². The first kappa shape index (κ1) is 14.0. The lowest BCUT2D eigenvalue weighted by Crippen LogP contribution is -2.57. The summed E-state index contributed by atoms with van der Waals surface area (Å²) in [7, 11) is 1.70. The second-order valence-electron chi connectivity index (χ2n) is 6.25. The second-order valence-corrected chi connectivity index (χ2v) is 6.25. The predicted octanol–water partition coefficient (Wildman–Crippen LogP) is 2.17. The first-order chi connectivity index (χ1) is 11.2. The number of nitrogens with zero attached hydrogens (tertiary/aromatic N) is 2. The average Bonchev–Trinajstić information content (AvgIpc) is 2.60. The minimum Gasteiger partial charge on any atom is -0.335 e. The van der Waals surface area contributed by atoms with E-state index >= 15 is 0 Å². The van der Waals surface area contributed by atoms with Crippen LogP contribution in [0.3, 0.4) is 0 Å². The third kappa shape index (κ3) is 2.13. The molecule has 116 valence electrons. The van der Waals surface area contributed by atoms with Gasteiger partial charge in [-0.3, -0.25) is 9.59 Å². The molecule has 2 aromatic rings. The van der Waals surface area contributed by atoms with Gasteiger partial charge in [0.2, 0.25) is 0 Å². The maximum Gasteiger partial charge on any atom is 0.312 e. The normalized spacial score (nSPS) is 23.5. The zero-order valence-corrected chi connectivity index (χ0v) is 13.0. The molecular weight excluding hydrogens is 288 g/mol. The molecule has 0 aromatic heterocycles. The molecule has 4 rings (SSSR count). The fraction of sp³-hybridized carbons (Fsp3) is 0.263. The lowest BCUT2D eigenvalue weighted by atomic mass is 9.80. The Labute approximate surface area is 135 Å². The van der Waals surface area contributed by atoms with Crippen molar-refractivity contribution in [3.63, 3.8) is 0 Å². The quantitative estimate of drug-likeness (QED) is 0.758. The number of rotatable bonds is 1. The number of amides is 2. The van der Waals surface area contributed by atoms with Gasteiger partial charge in [-0.05, 0) is 16.7 Å². The van der Waals surface area contributed by atoms with Crippen LogP contribution in [0.4, 0.5) is 0 Å². The molecule has 0 saturated carbocycles. The van der Waals surface area contributed by atoms with Crippen LogP contribution in [0.1, 0.15) is 28.7 Å². The van der Waals surface area contributed by atoms with Crippen molar-refractivity contribution in [3.8, 4) is 0 Å². The Bertz CT molecular complexity index is 772. The molecule has 2 aliphatic heterocycles. The number of hydrogen-bond donors (Lipinski definition) is 0. The molecule has 2 amide bonds. The molecule has 2 heterocycles. The van der Waals surface area contributed by atoms with E-state index in [-0.39, 0.29) is 17.9 Å². The third-order valence-electron chi connectivity index (χ3n) is 4.93. The van der Waals surface area contributed by atoms with E-state index in [1.165, 1.54) is 16.0 Å². The molecule has 0 N–H and O–H groups in total. The van der Waals surface area contributed by atoms with Crippen molar-refractivity contribution in [1.29, 1.82) is 0 Å². The molecule has 2 aromatic carbocycles. The maximum absolute atomic E-state index is 12.5. The summed E-state index contributed by atoms with van der Waals surface area (Å²) in [4.78, 5) is 27.8. The van der Waals surface area contributed by atoms with Crippen molar-refractivity contribution < 1.29 is 9.59 Å². The van der Waals surface area contributed by atoms with Crippen LogP contribution in [0.2, 0.25) is 0 Å². The molecule has 2 atom stereocenters. The van der Waals surface area contributed by atoms with Gasteiger partial charge in [0, 0.05) is 26.1 Å². The summed E-state index contributed by atoms with van der Waals surface area (Å²) >= 11 is 0. The molecule has 0 aliphatic carbocycles. The second kappa shape index (κ2) is 5.23. The molecule has 4 heteroatoms. The number of carbonyl (C=O) groups is 2. The van der Waals surface area contributed by atoms with Crippen molar-refractivity contribution in [2.24, 2.45) is 0 Å². The topological polar surface area (TPSA) is 40.6 Å². The summed E-state index contributed by atoms with van der Waals surface area (Å²) in [6.45, 7) is 1.12. The SMILES string of the molecule is CN1C[C@@H]2c3ccccc3[C@@H](c3ccccc3)CN2C(=O)C1=O. The van der Waals surface area contributed by atoms with Gasteiger partial charge in [-0.2, -0.15) is 0 Å². The van der Waals surface area contributed by atoms with Gasteiger partial charge in [0.25, 0.3) is 0 Å². The molecule has 2 aliphatic rings. The fourth-order valence-corrected chi connectivity index (χ4v) is 3.74. The van der Waals surface area contributed by atoms with Crippen molar-refractivity contribution in [2.45, 2.75) is 12.0 Å². The summed E-state index contributed by atoms with van der Waals surface area (Å²) in [5.74, 6) is -0.685. The molecule has 1 fully saturated rings. The summed E-state index contributed by atoms with van der Waals surface area (Å²) in [6, 6.07) is 18.4. The zero-order chi connectivity index (χ0) is 16.0. The Kier molecular flexibility index (Phi) is 3.18. The van der Waals surface area contributed by atoms with Gasteiger partial charge in [0.15, 0.2) is 0 Å². The predicted molar refractivity (Wildman–Crippen MR) is 86.8 cm³/mol. The van der Waals surface area contributed by atoms with Crippen LogP contribution in [0.5, 0.6) is 0 Å². The Hall–Kier alpha value is -2.62. The van der Waals surface area contributed by atoms with Crippen LogP contribution in [0.25, 0.3) is 0 Å². The summed E-state index contributed by atoms with van der Waals surface area (Å²) in [5.41, 5.74) is 3.59. The van der Waals surface area contributed by atoms with Gasteiger partial charge in [-0.15, -0.1) is 0 Å². The highest BCUT2D eigenvalue weighted by Crippen LogP contribution is 2.41. The minimum absolute atomic E-state index is 0.0404. The van der Waals surface area contributed by atoms with Crippen LogP contribution < -0.4 is 0 Å². The molecule has 1 saturated heterocycles. The lowest BCUT2D eigenvalue weighted by molar-refractivity contribution is -0.158. The maximum atomic E-state index is 12.5. The van der Waals surface area contributed by atoms with Crippen LogP contribution in [-0.4, -0.2) is 41.8 Å². The van der Waals surface area contributed by atoms with Crippen molar-refractivity contribution in [2.75, 3.05) is 20.1 Å². The molecule has 0 bridgehead atoms. The number of piperazine rings is 1. The van der Waals surface area contributed by atoms with Gasteiger partial charge in [-0.1, -0.05) is 54.6 Å². The highest BCUT2D eigenvalue weighted by atomic mass is 16.2. The first-order valence-corrected chi connectivity index (χ1v) is 7.86. The molecule has 4 nitrogen and oxygen atoms in total. The molecule has 0 spiro atoms. The monoisotopic (exact) mass is 306 g/mol. The number of carbonyl (C=O) groups excluding carboxylic acids is 2. The van der Waals surface area contributed by atoms with Crippen molar-refractivity contribution >= 4 is 11.8 Å². The van der Waals surface area contributed by atoms with E-state index in [0.29, 0.717) is 13.1 Å².